The van der Waals surface area contributed by atoms with Crippen LogP contribution in [0.4, 0.5) is 0 Å². The molecule has 4 heteroatoms. The van der Waals surface area contributed by atoms with Gasteiger partial charge in [0.25, 0.3) is 5.91 Å². The number of furan rings is 1. The van der Waals surface area contributed by atoms with Crippen molar-refractivity contribution in [3.63, 3.8) is 0 Å². The number of nitrogens with two attached hydrogens (primary N) is 1. The molecule has 1 fully saturated rings. The molecule has 2 rings (SSSR count). The summed E-state index contributed by atoms with van der Waals surface area (Å²) in [7, 11) is 0. The normalized spacial score (nSPS) is 16.6. The summed E-state index contributed by atoms with van der Waals surface area (Å²) >= 11 is 0. The molecule has 3 N–H and O–H groups in total. The van der Waals surface area contributed by atoms with Gasteiger partial charge in [-0.2, -0.15) is 0 Å². The van der Waals surface area contributed by atoms with Gasteiger partial charge in [0, 0.05) is 12.5 Å². The van der Waals surface area contributed by atoms with Gasteiger partial charge in [-0.1, -0.05) is 12.8 Å². The van der Waals surface area contributed by atoms with Crippen molar-refractivity contribution in [1.29, 1.82) is 0 Å². The summed E-state index contributed by atoms with van der Waals surface area (Å²) in [6.45, 7) is 0.539. The summed E-state index contributed by atoms with van der Waals surface area (Å²) < 4.78 is 5.40. The Morgan fingerprint density at radius 3 is 2.88 bits per heavy atom. The summed E-state index contributed by atoms with van der Waals surface area (Å²) in [5, 5.41) is 2.99. The summed E-state index contributed by atoms with van der Waals surface area (Å²) in [5.41, 5.74) is 5.42. The van der Waals surface area contributed by atoms with E-state index in [1.54, 1.807) is 6.07 Å². The summed E-state index contributed by atoms with van der Waals surface area (Å²) in [6, 6.07) is 3.86. The van der Waals surface area contributed by atoms with Gasteiger partial charge in [-0.25, -0.2) is 0 Å². The van der Waals surface area contributed by atoms with Crippen LogP contribution in [0.2, 0.25) is 0 Å². The van der Waals surface area contributed by atoms with Crippen molar-refractivity contribution >= 4 is 5.91 Å². The highest BCUT2D eigenvalue weighted by Crippen LogP contribution is 2.18. The van der Waals surface area contributed by atoms with Gasteiger partial charge in [0.2, 0.25) is 0 Å². The maximum atomic E-state index is 11.8. The Balaban J connectivity index is 1.91. The first-order valence-electron chi connectivity index (χ1n) is 5.89. The van der Waals surface area contributed by atoms with Crippen LogP contribution in [0.15, 0.2) is 16.5 Å². The molecule has 1 aliphatic carbocycles. The molecule has 4 nitrogen and oxygen atoms in total. The lowest BCUT2D eigenvalue weighted by Crippen LogP contribution is -2.32. The van der Waals surface area contributed by atoms with E-state index in [-0.39, 0.29) is 5.91 Å². The largest absolute Gasteiger partial charge is 0.456 e. The molecule has 1 aromatic rings. The third-order valence-electron chi connectivity index (χ3n) is 2.97. The van der Waals surface area contributed by atoms with Crippen LogP contribution in [0.3, 0.4) is 0 Å². The average molecular weight is 222 g/mol. The average Bonchev–Trinajstić information content (AvgIpc) is 2.89. The van der Waals surface area contributed by atoms with Crippen molar-refractivity contribution in [3.05, 3.63) is 23.7 Å². The molecule has 0 saturated heterocycles. The zero-order valence-corrected chi connectivity index (χ0v) is 9.37. The van der Waals surface area contributed by atoms with Gasteiger partial charge >= 0.3 is 0 Å². The van der Waals surface area contributed by atoms with Crippen LogP contribution in [0.5, 0.6) is 0 Å². The van der Waals surface area contributed by atoms with E-state index in [0.29, 0.717) is 24.8 Å². The van der Waals surface area contributed by atoms with E-state index in [4.69, 9.17) is 10.2 Å². The van der Waals surface area contributed by atoms with Gasteiger partial charge in [-0.15, -0.1) is 0 Å². The Labute approximate surface area is 95.2 Å². The van der Waals surface area contributed by atoms with Gasteiger partial charge in [-0.05, 0) is 31.5 Å². The van der Waals surface area contributed by atoms with Crippen molar-refractivity contribution in [2.75, 3.05) is 6.54 Å². The number of carbonyl (C=O) groups excluding carboxylic acids is 1. The lowest BCUT2D eigenvalue weighted by molar-refractivity contribution is 0.0908. The number of nitrogens with one attached hydrogen (secondary N) is 1. The topological polar surface area (TPSA) is 68.3 Å². The molecule has 0 aromatic carbocycles. The van der Waals surface area contributed by atoms with Crippen LogP contribution in [0.25, 0.3) is 0 Å². The standard InChI is InChI=1S/C12H18N2O2/c13-8-7-10-5-6-11(16-10)12(15)14-9-3-1-2-4-9/h5-6,9H,1-4,7-8,13H2,(H,14,15). The second-order valence-electron chi connectivity index (χ2n) is 4.26. The van der Waals surface area contributed by atoms with Crippen LogP contribution in [0, 0.1) is 0 Å². The molecule has 0 radical (unpaired) electrons. The molecule has 0 aliphatic heterocycles. The zero-order chi connectivity index (χ0) is 11.4. The zero-order valence-electron chi connectivity index (χ0n) is 9.37. The molecule has 1 aromatic heterocycles. The van der Waals surface area contributed by atoms with Crippen molar-refractivity contribution in [1.82, 2.24) is 5.32 Å². The monoisotopic (exact) mass is 222 g/mol. The second kappa shape index (κ2) is 5.16. The fourth-order valence-electron chi connectivity index (χ4n) is 2.10. The maximum Gasteiger partial charge on any atom is 0.287 e. The molecular weight excluding hydrogens is 204 g/mol. The smallest absolute Gasteiger partial charge is 0.287 e. The SMILES string of the molecule is NCCc1ccc(C(=O)NC2CCCC2)o1. The van der Waals surface area contributed by atoms with E-state index in [2.05, 4.69) is 5.32 Å². The quantitative estimate of drug-likeness (QED) is 0.810. The van der Waals surface area contributed by atoms with Gasteiger partial charge in [0.15, 0.2) is 5.76 Å². The van der Waals surface area contributed by atoms with Crippen LogP contribution in [0.1, 0.15) is 42.0 Å². The second-order valence-corrected chi connectivity index (χ2v) is 4.26. The molecular formula is C12H18N2O2. The minimum absolute atomic E-state index is 0.102. The van der Waals surface area contributed by atoms with E-state index < -0.39 is 0 Å². The molecule has 16 heavy (non-hydrogen) atoms. The van der Waals surface area contributed by atoms with Crippen molar-refractivity contribution in [3.8, 4) is 0 Å². The molecule has 1 amide bonds. The highest BCUT2D eigenvalue weighted by atomic mass is 16.3. The molecule has 0 spiro atoms. The molecule has 1 aliphatic rings. The predicted octanol–water partition coefficient (Wildman–Crippen LogP) is 1.45. The number of rotatable bonds is 4. The van der Waals surface area contributed by atoms with Crippen molar-refractivity contribution in [2.45, 2.75) is 38.1 Å². The van der Waals surface area contributed by atoms with E-state index in [0.717, 1.165) is 18.6 Å². The third-order valence-corrected chi connectivity index (χ3v) is 2.97. The minimum Gasteiger partial charge on any atom is -0.456 e. The van der Waals surface area contributed by atoms with E-state index >= 15 is 0 Å². The Morgan fingerprint density at radius 2 is 2.19 bits per heavy atom. The first kappa shape index (κ1) is 11.2. The van der Waals surface area contributed by atoms with Crippen LogP contribution in [-0.4, -0.2) is 18.5 Å². The third kappa shape index (κ3) is 2.64. The van der Waals surface area contributed by atoms with E-state index in [1.165, 1.54) is 12.8 Å². The number of hydrogen-bond acceptors (Lipinski definition) is 3. The number of carbonyl (C=O) groups is 1. The predicted molar refractivity (Wildman–Crippen MR) is 61.2 cm³/mol. The molecule has 0 atom stereocenters. The Morgan fingerprint density at radius 1 is 1.44 bits per heavy atom. The van der Waals surface area contributed by atoms with Crippen LogP contribution >= 0.6 is 0 Å². The van der Waals surface area contributed by atoms with Crippen LogP contribution < -0.4 is 11.1 Å². The number of hydrogen-bond donors (Lipinski definition) is 2. The molecule has 88 valence electrons. The lowest BCUT2D eigenvalue weighted by Gasteiger charge is -2.09. The minimum atomic E-state index is -0.102. The van der Waals surface area contributed by atoms with Crippen LogP contribution in [-0.2, 0) is 6.42 Å². The van der Waals surface area contributed by atoms with Gasteiger partial charge < -0.3 is 15.5 Å². The van der Waals surface area contributed by atoms with Gasteiger partial charge in [0.05, 0.1) is 0 Å². The highest BCUT2D eigenvalue weighted by Gasteiger charge is 2.19. The van der Waals surface area contributed by atoms with Crippen molar-refractivity contribution < 1.29 is 9.21 Å². The summed E-state index contributed by atoms with van der Waals surface area (Å²) in [5.74, 6) is 1.07. The molecule has 1 saturated carbocycles. The van der Waals surface area contributed by atoms with Crippen molar-refractivity contribution in [2.24, 2.45) is 5.73 Å². The first-order valence-corrected chi connectivity index (χ1v) is 5.89. The molecule has 1 heterocycles. The van der Waals surface area contributed by atoms with Gasteiger partial charge in [-0.3, -0.25) is 4.79 Å². The summed E-state index contributed by atoms with van der Waals surface area (Å²) in [4.78, 5) is 11.8. The number of amides is 1. The Bertz CT molecular complexity index is 354. The Hall–Kier alpha value is -1.29. The van der Waals surface area contributed by atoms with E-state index in [9.17, 15) is 4.79 Å². The maximum absolute atomic E-state index is 11.8. The van der Waals surface area contributed by atoms with E-state index in [1.807, 2.05) is 6.07 Å². The van der Waals surface area contributed by atoms with Gasteiger partial charge in [0.1, 0.15) is 5.76 Å². The molecule has 0 bridgehead atoms. The fraction of sp³-hybridized carbons (Fsp3) is 0.583. The highest BCUT2D eigenvalue weighted by molar-refractivity contribution is 5.91. The Kier molecular flexibility index (Phi) is 3.62. The summed E-state index contributed by atoms with van der Waals surface area (Å²) in [6.07, 6.45) is 5.27. The molecule has 0 unspecified atom stereocenters. The lowest BCUT2D eigenvalue weighted by atomic mass is 10.2. The fourth-order valence-corrected chi connectivity index (χ4v) is 2.10. The first-order chi connectivity index (χ1) is 7.79.